The molecule has 1 aliphatic rings. The molecule has 4 rings (SSSR count). The maximum absolute atomic E-state index is 12.7. The van der Waals surface area contributed by atoms with E-state index in [1.54, 1.807) is 31.4 Å². The minimum atomic E-state index is -0.210. The molecule has 172 valence electrons. The van der Waals surface area contributed by atoms with Crippen molar-refractivity contribution in [3.8, 4) is 5.75 Å². The van der Waals surface area contributed by atoms with E-state index in [2.05, 4.69) is 26.1 Å². The highest BCUT2D eigenvalue weighted by Gasteiger charge is 2.20. The van der Waals surface area contributed by atoms with Gasteiger partial charge >= 0.3 is 0 Å². The van der Waals surface area contributed by atoms with Crippen LogP contribution in [0.2, 0.25) is 0 Å². The zero-order chi connectivity index (χ0) is 23.0. The lowest BCUT2D eigenvalue weighted by Crippen LogP contribution is -2.33. The Morgan fingerprint density at radius 3 is 2.76 bits per heavy atom. The van der Waals surface area contributed by atoms with Crippen molar-refractivity contribution in [1.82, 2.24) is 15.5 Å². The zero-order valence-corrected chi connectivity index (χ0v) is 19.8. The quantitative estimate of drug-likeness (QED) is 0.379. The fraction of sp³-hybridized carbons (Fsp3) is 0.304. The second-order valence-electron chi connectivity index (χ2n) is 7.57. The number of carbonyl (C=O) groups excluding carboxylic acids is 2. The van der Waals surface area contributed by atoms with Gasteiger partial charge in [0.1, 0.15) is 5.75 Å². The van der Waals surface area contributed by atoms with Gasteiger partial charge in [-0.1, -0.05) is 54.1 Å². The molecule has 1 aliphatic carbocycles. The molecule has 0 aliphatic heterocycles. The average Bonchev–Trinajstić information content (AvgIpc) is 3.50. The number of anilines is 3. The minimum Gasteiger partial charge on any atom is -0.497 e. The summed E-state index contributed by atoms with van der Waals surface area (Å²) in [5.41, 5.74) is 1.83. The number of ether oxygens (including phenoxy) is 1. The number of methoxy groups -OCH3 is 1. The van der Waals surface area contributed by atoms with Gasteiger partial charge in [0.2, 0.25) is 11.0 Å². The predicted molar refractivity (Wildman–Crippen MR) is 132 cm³/mol. The monoisotopic (exact) mass is 483 g/mol. The highest BCUT2D eigenvalue weighted by Crippen LogP contribution is 2.29. The van der Waals surface area contributed by atoms with E-state index >= 15 is 0 Å². The molecule has 0 spiro atoms. The smallest absolute Gasteiger partial charge is 0.253 e. The molecule has 0 radical (unpaired) electrons. The molecule has 10 heteroatoms. The highest BCUT2D eigenvalue weighted by molar-refractivity contribution is 8.01. The fourth-order valence-corrected chi connectivity index (χ4v) is 5.15. The number of para-hydroxylation sites is 1. The normalized spacial score (nSPS) is 13.5. The summed E-state index contributed by atoms with van der Waals surface area (Å²) in [7, 11) is 1.62. The number of rotatable bonds is 9. The molecule has 8 nitrogen and oxygen atoms in total. The lowest BCUT2D eigenvalue weighted by atomic mass is 10.1. The highest BCUT2D eigenvalue weighted by atomic mass is 32.2. The van der Waals surface area contributed by atoms with Crippen molar-refractivity contribution in [2.45, 2.75) is 36.1 Å². The Morgan fingerprint density at radius 2 is 1.94 bits per heavy atom. The number of nitrogens with zero attached hydrogens (tertiary/aromatic N) is 2. The molecule has 1 heterocycles. The van der Waals surface area contributed by atoms with Crippen LogP contribution in [-0.4, -0.2) is 40.9 Å². The Bertz CT molecular complexity index is 1110. The Morgan fingerprint density at radius 1 is 1.12 bits per heavy atom. The van der Waals surface area contributed by atoms with Crippen molar-refractivity contribution in [3.63, 3.8) is 0 Å². The van der Waals surface area contributed by atoms with E-state index in [4.69, 9.17) is 4.74 Å². The number of carbonyl (C=O) groups is 2. The van der Waals surface area contributed by atoms with Crippen LogP contribution in [0.1, 0.15) is 36.0 Å². The molecule has 1 fully saturated rings. The van der Waals surface area contributed by atoms with Crippen LogP contribution in [0.5, 0.6) is 5.75 Å². The first-order valence-electron chi connectivity index (χ1n) is 10.7. The minimum absolute atomic E-state index is 0.150. The van der Waals surface area contributed by atoms with Crippen LogP contribution in [0.4, 0.5) is 16.5 Å². The van der Waals surface area contributed by atoms with Crippen molar-refractivity contribution in [1.29, 1.82) is 0 Å². The molecule has 3 aromatic rings. The van der Waals surface area contributed by atoms with Crippen molar-refractivity contribution in [2.24, 2.45) is 0 Å². The van der Waals surface area contributed by atoms with E-state index < -0.39 is 0 Å². The summed E-state index contributed by atoms with van der Waals surface area (Å²) in [6.07, 6.45) is 4.30. The summed E-state index contributed by atoms with van der Waals surface area (Å²) < 4.78 is 5.89. The average molecular weight is 484 g/mol. The van der Waals surface area contributed by atoms with Crippen LogP contribution < -0.4 is 20.7 Å². The van der Waals surface area contributed by atoms with Crippen LogP contribution in [0, 0.1) is 0 Å². The van der Waals surface area contributed by atoms with Crippen molar-refractivity contribution >= 4 is 51.4 Å². The SMILES string of the molecule is COc1cccc(Nc2nnc(SCC(=O)Nc3ccccc3C(=O)NC3CCCC3)s2)c1. The molecular formula is C23H25N5O3S2. The number of nitrogens with one attached hydrogen (secondary N) is 3. The van der Waals surface area contributed by atoms with Crippen molar-refractivity contribution in [3.05, 3.63) is 54.1 Å². The summed E-state index contributed by atoms with van der Waals surface area (Å²) in [6.45, 7) is 0. The van der Waals surface area contributed by atoms with Gasteiger partial charge < -0.3 is 20.7 Å². The molecule has 33 heavy (non-hydrogen) atoms. The lowest BCUT2D eigenvalue weighted by Gasteiger charge is -2.14. The Kier molecular flexibility index (Phi) is 7.79. The van der Waals surface area contributed by atoms with Gasteiger partial charge in [0, 0.05) is 17.8 Å². The van der Waals surface area contributed by atoms with E-state index in [0.717, 1.165) is 37.1 Å². The second-order valence-corrected chi connectivity index (χ2v) is 9.77. The third-order valence-electron chi connectivity index (χ3n) is 5.19. The number of thioether (sulfide) groups is 1. The summed E-state index contributed by atoms with van der Waals surface area (Å²) in [5, 5.41) is 18.0. The van der Waals surface area contributed by atoms with Crippen LogP contribution in [0.3, 0.4) is 0 Å². The number of hydrogen-bond donors (Lipinski definition) is 3. The van der Waals surface area contributed by atoms with Gasteiger partial charge in [-0.2, -0.15) is 0 Å². The number of hydrogen-bond acceptors (Lipinski definition) is 8. The van der Waals surface area contributed by atoms with Gasteiger partial charge in [0.05, 0.1) is 24.1 Å². The molecule has 1 saturated carbocycles. The lowest BCUT2D eigenvalue weighted by molar-refractivity contribution is -0.113. The molecule has 2 aromatic carbocycles. The third-order valence-corrected chi connectivity index (χ3v) is 7.16. The molecule has 0 atom stereocenters. The largest absolute Gasteiger partial charge is 0.497 e. The van der Waals surface area contributed by atoms with E-state index in [9.17, 15) is 9.59 Å². The molecular weight excluding hydrogens is 458 g/mol. The molecule has 2 amide bonds. The van der Waals surface area contributed by atoms with Gasteiger partial charge in [-0.15, -0.1) is 10.2 Å². The Hall–Kier alpha value is -3.11. The summed E-state index contributed by atoms with van der Waals surface area (Å²) in [5.74, 6) is 0.543. The maximum Gasteiger partial charge on any atom is 0.253 e. The summed E-state index contributed by atoms with van der Waals surface area (Å²) in [6, 6.07) is 14.8. The molecule has 0 unspecified atom stereocenters. The van der Waals surface area contributed by atoms with Crippen molar-refractivity contribution < 1.29 is 14.3 Å². The van der Waals surface area contributed by atoms with Gasteiger partial charge in [0.15, 0.2) is 4.34 Å². The zero-order valence-electron chi connectivity index (χ0n) is 18.2. The third kappa shape index (κ3) is 6.45. The number of amides is 2. The maximum atomic E-state index is 12.7. The van der Waals surface area contributed by atoms with Crippen molar-refractivity contribution in [2.75, 3.05) is 23.5 Å². The van der Waals surface area contributed by atoms with Gasteiger partial charge in [0.25, 0.3) is 5.91 Å². The molecule has 0 bridgehead atoms. The number of benzene rings is 2. The van der Waals surface area contributed by atoms with E-state index in [1.165, 1.54) is 23.1 Å². The summed E-state index contributed by atoms with van der Waals surface area (Å²) >= 11 is 2.65. The molecule has 1 aromatic heterocycles. The first-order chi connectivity index (χ1) is 16.1. The van der Waals surface area contributed by atoms with Crippen LogP contribution >= 0.6 is 23.1 Å². The van der Waals surface area contributed by atoms with Crippen LogP contribution in [0.25, 0.3) is 0 Å². The van der Waals surface area contributed by atoms with E-state index in [0.29, 0.717) is 20.7 Å². The first-order valence-corrected chi connectivity index (χ1v) is 12.5. The van der Waals surface area contributed by atoms with Gasteiger partial charge in [-0.05, 0) is 37.1 Å². The van der Waals surface area contributed by atoms with Crippen LogP contribution in [-0.2, 0) is 4.79 Å². The Labute approximate surface area is 200 Å². The topological polar surface area (TPSA) is 105 Å². The van der Waals surface area contributed by atoms with E-state index in [-0.39, 0.29) is 23.6 Å². The first kappa shape index (κ1) is 23.1. The standard InChI is InChI=1S/C23H25N5O3S2/c1-31-17-10-6-9-16(13-17)25-22-27-28-23(33-22)32-14-20(29)26-19-12-5-4-11-18(19)21(30)24-15-7-2-3-8-15/h4-6,9-13,15H,2-3,7-8,14H2,1H3,(H,24,30)(H,25,27)(H,26,29). The summed E-state index contributed by atoms with van der Waals surface area (Å²) in [4.78, 5) is 25.2. The van der Waals surface area contributed by atoms with Gasteiger partial charge in [-0.3, -0.25) is 9.59 Å². The molecule has 3 N–H and O–H groups in total. The molecule has 0 saturated heterocycles. The second kappa shape index (κ2) is 11.2. The van der Waals surface area contributed by atoms with Gasteiger partial charge in [-0.25, -0.2) is 0 Å². The number of aromatic nitrogens is 2. The van der Waals surface area contributed by atoms with Crippen LogP contribution in [0.15, 0.2) is 52.9 Å². The van der Waals surface area contributed by atoms with E-state index in [1.807, 2.05) is 24.3 Å². The Balaban J connectivity index is 1.30. The predicted octanol–water partition coefficient (Wildman–Crippen LogP) is 4.69. The fourth-order valence-electron chi connectivity index (χ4n) is 3.58.